The zero-order valence-corrected chi connectivity index (χ0v) is 6.43. The lowest BCUT2D eigenvalue weighted by molar-refractivity contribution is 0.111. The zero-order chi connectivity index (χ0) is 7.56. The number of aromatic nitrogens is 1. The summed E-state index contributed by atoms with van der Waals surface area (Å²) in [6.07, 6.45) is 1.80. The molecule has 1 heterocycles. The Morgan fingerprint density at radius 3 is 2.90 bits per heavy atom. The van der Waals surface area contributed by atoms with Gasteiger partial charge in [-0.1, -0.05) is 0 Å². The summed E-state index contributed by atoms with van der Waals surface area (Å²) >= 11 is 2.84. The van der Waals surface area contributed by atoms with E-state index in [-0.39, 0.29) is 10.2 Å². The molecule has 2 nitrogen and oxygen atoms in total. The van der Waals surface area contributed by atoms with Crippen LogP contribution in [0.5, 0.6) is 0 Å². The standard InChI is InChI=1S/C6H3BrFNO/c7-6-5(8)4(3-10)1-2-9-6/h1-3H. The molecule has 0 aromatic carbocycles. The molecule has 52 valence electrons. The van der Waals surface area contributed by atoms with Crippen LogP contribution in [0, 0.1) is 5.82 Å². The smallest absolute Gasteiger partial charge is 0.166 e. The van der Waals surface area contributed by atoms with Gasteiger partial charge in [-0.3, -0.25) is 4.79 Å². The van der Waals surface area contributed by atoms with Gasteiger partial charge >= 0.3 is 0 Å². The number of nitrogens with zero attached hydrogens (tertiary/aromatic N) is 1. The van der Waals surface area contributed by atoms with Crippen molar-refractivity contribution in [3.05, 3.63) is 28.2 Å². The van der Waals surface area contributed by atoms with Gasteiger partial charge in [-0.15, -0.1) is 0 Å². The summed E-state index contributed by atoms with van der Waals surface area (Å²) in [4.78, 5) is 13.7. The number of aldehydes is 1. The van der Waals surface area contributed by atoms with E-state index in [1.54, 1.807) is 0 Å². The molecule has 0 fully saturated rings. The van der Waals surface area contributed by atoms with E-state index in [1.807, 2.05) is 0 Å². The van der Waals surface area contributed by atoms with E-state index < -0.39 is 5.82 Å². The fourth-order valence-electron chi connectivity index (χ4n) is 0.523. The van der Waals surface area contributed by atoms with E-state index in [0.29, 0.717) is 6.29 Å². The summed E-state index contributed by atoms with van der Waals surface area (Å²) < 4.78 is 12.7. The van der Waals surface area contributed by atoms with Gasteiger partial charge in [0.2, 0.25) is 0 Å². The molecule has 0 saturated carbocycles. The average molecular weight is 204 g/mol. The summed E-state index contributed by atoms with van der Waals surface area (Å²) in [6, 6.07) is 1.31. The van der Waals surface area contributed by atoms with Gasteiger partial charge in [0, 0.05) is 6.20 Å². The maximum atomic E-state index is 12.7. The topological polar surface area (TPSA) is 30.0 Å². The Kier molecular flexibility index (Phi) is 2.11. The normalized spacial score (nSPS) is 9.40. The van der Waals surface area contributed by atoms with Crippen LogP contribution in [0.4, 0.5) is 4.39 Å². The van der Waals surface area contributed by atoms with Crippen LogP contribution in [0.2, 0.25) is 0 Å². The molecule has 0 unspecified atom stereocenters. The molecule has 0 spiro atoms. The lowest BCUT2D eigenvalue weighted by atomic mass is 10.3. The van der Waals surface area contributed by atoms with Gasteiger partial charge in [-0.2, -0.15) is 0 Å². The molecule has 0 aliphatic carbocycles. The number of pyridine rings is 1. The first-order chi connectivity index (χ1) is 4.75. The third kappa shape index (κ3) is 1.21. The molecule has 0 saturated heterocycles. The highest BCUT2D eigenvalue weighted by molar-refractivity contribution is 9.10. The van der Waals surface area contributed by atoms with E-state index in [1.165, 1.54) is 12.3 Å². The van der Waals surface area contributed by atoms with Crippen LogP contribution in [0.15, 0.2) is 16.9 Å². The summed E-state index contributed by atoms with van der Waals surface area (Å²) in [6.45, 7) is 0. The maximum Gasteiger partial charge on any atom is 0.166 e. The van der Waals surface area contributed by atoms with Crippen LogP contribution in [0.25, 0.3) is 0 Å². The monoisotopic (exact) mass is 203 g/mol. The average Bonchev–Trinajstić information content (AvgIpc) is 1.95. The molecule has 0 aliphatic heterocycles. The Balaban J connectivity index is 3.27. The van der Waals surface area contributed by atoms with Crippen molar-refractivity contribution in [2.45, 2.75) is 0 Å². The largest absolute Gasteiger partial charge is 0.298 e. The quantitative estimate of drug-likeness (QED) is 0.515. The minimum atomic E-state index is -0.613. The van der Waals surface area contributed by atoms with Crippen LogP contribution in [-0.2, 0) is 0 Å². The van der Waals surface area contributed by atoms with E-state index in [2.05, 4.69) is 20.9 Å². The van der Waals surface area contributed by atoms with E-state index in [0.717, 1.165) is 0 Å². The molecule has 0 radical (unpaired) electrons. The predicted octanol–water partition coefficient (Wildman–Crippen LogP) is 1.80. The molecule has 0 aliphatic rings. The maximum absolute atomic E-state index is 12.7. The molecule has 0 N–H and O–H groups in total. The first-order valence-electron chi connectivity index (χ1n) is 2.51. The van der Waals surface area contributed by atoms with Crippen LogP contribution >= 0.6 is 15.9 Å². The number of carbonyl (C=O) groups is 1. The Morgan fingerprint density at radius 1 is 1.70 bits per heavy atom. The second kappa shape index (κ2) is 2.88. The van der Waals surface area contributed by atoms with Gasteiger partial charge in [0.15, 0.2) is 12.1 Å². The minimum Gasteiger partial charge on any atom is -0.298 e. The lowest BCUT2D eigenvalue weighted by Gasteiger charge is -1.93. The molecule has 10 heavy (non-hydrogen) atoms. The molecule has 1 aromatic heterocycles. The van der Waals surface area contributed by atoms with Gasteiger partial charge in [-0.05, 0) is 22.0 Å². The SMILES string of the molecule is O=Cc1ccnc(Br)c1F. The van der Waals surface area contributed by atoms with Gasteiger partial charge < -0.3 is 0 Å². The molecule has 0 bridgehead atoms. The van der Waals surface area contributed by atoms with Crippen LogP contribution < -0.4 is 0 Å². The number of halogens is 2. The molecule has 1 rings (SSSR count). The molecular formula is C6H3BrFNO. The fraction of sp³-hybridized carbons (Fsp3) is 0. The predicted molar refractivity (Wildman–Crippen MR) is 37.3 cm³/mol. The van der Waals surface area contributed by atoms with Crippen molar-refractivity contribution in [1.29, 1.82) is 0 Å². The second-order valence-electron chi connectivity index (χ2n) is 1.62. The highest BCUT2D eigenvalue weighted by atomic mass is 79.9. The Hall–Kier alpha value is -0.770. The minimum absolute atomic E-state index is 0.0156. The van der Waals surface area contributed by atoms with Crippen molar-refractivity contribution in [1.82, 2.24) is 4.98 Å². The highest BCUT2D eigenvalue weighted by Gasteiger charge is 2.04. The van der Waals surface area contributed by atoms with Gasteiger partial charge in [0.25, 0.3) is 0 Å². The molecule has 1 aromatic rings. The van der Waals surface area contributed by atoms with Crippen LogP contribution in [0.3, 0.4) is 0 Å². The first kappa shape index (κ1) is 7.34. The molecular weight excluding hydrogens is 201 g/mol. The van der Waals surface area contributed by atoms with Crippen molar-refractivity contribution in [3.63, 3.8) is 0 Å². The van der Waals surface area contributed by atoms with Crippen LogP contribution in [-0.4, -0.2) is 11.3 Å². The number of rotatable bonds is 1. The zero-order valence-electron chi connectivity index (χ0n) is 4.84. The summed E-state index contributed by atoms with van der Waals surface area (Å²) in [7, 11) is 0. The van der Waals surface area contributed by atoms with Crippen molar-refractivity contribution in [2.75, 3.05) is 0 Å². The van der Waals surface area contributed by atoms with Gasteiger partial charge in [0.1, 0.15) is 4.60 Å². The second-order valence-corrected chi connectivity index (χ2v) is 2.37. The van der Waals surface area contributed by atoms with Gasteiger partial charge in [0.05, 0.1) is 5.56 Å². The third-order valence-electron chi connectivity index (χ3n) is 1.00. The molecule has 0 amide bonds. The van der Waals surface area contributed by atoms with Crippen LogP contribution in [0.1, 0.15) is 10.4 Å². The van der Waals surface area contributed by atoms with Crippen molar-refractivity contribution in [2.24, 2.45) is 0 Å². The summed E-state index contributed by atoms with van der Waals surface area (Å²) in [5.41, 5.74) is 0.0156. The van der Waals surface area contributed by atoms with Crippen molar-refractivity contribution >= 4 is 22.2 Å². The number of hydrogen-bond donors (Lipinski definition) is 0. The lowest BCUT2D eigenvalue weighted by Crippen LogP contribution is -1.89. The highest BCUT2D eigenvalue weighted by Crippen LogP contribution is 2.13. The fourth-order valence-corrected chi connectivity index (χ4v) is 0.870. The van der Waals surface area contributed by atoms with Crippen molar-refractivity contribution in [3.8, 4) is 0 Å². The Labute approximate surface area is 65.2 Å². The van der Waals surface area contributed by atoms with Crippen molar-refractivity contribution < 1.29 is 9.18 Å². The Morgan fingerprint density at radius 2 is 2.40 bits per heavy atom. The van der Waals surface area contributed by atoms with E-state index in [9.17, 15) is 9.18 Å². The summed E-state index contributed by atoms with van der Waals surface area (Å²) in [5.74, 6) is -0.613. The molecule has 4 heteroatoms. The van der Waals surface area contributed by atoms with E-state index in [4.69, 9.17) is 0 Å². The van der Waals surface area contributed by atoms with E-state index >= 15 is 0 Å². The number of hydrogen-bond acceptors (Lipinski definition) is 2. The van der Waals surface area contributed by atoms with Gasteiger partial charge in [-0.25, -0.2) is 9.37 Å². The Bertz CT molecular complexity index is 264. The summed E-state index contributed by atoms with van der Waals surface area (Å²) in [5, 5.41) is 0. The number of carbonyl (C=O) groups excluding carboxylic acids is 1. The molecule has 0 atom stereocenters. The third-order valence-corrected chi connectivity index (χ3v) is 1.56. The first-order valence-corrected chi connectivity index (χ1v) is 3.30.